The van der Waals surface area contributed by atoms with E-state index in [1.165, 1.54) is 19.1 Å². The Labute approximate surface area is 118 Å². The van der Waals surface area contributed by atoms with E-state index in [0.29, 0.717) is 6.04 Å². The second-order valence-electron chi connectivity index (χ2n) is 5.43. The maximum absolute atomic E-state index is 7.56. The molecule has 1 heterocycles. The number of nitrogens with one attached hydrogen (secondary N) is 2. The van der Waals surface area contributed by atoms with Gasteiger partial charge < -0.3 is 10.7 Å². The zero-order valence-corrected chi connectivity index (χ0v) is 11.5. The molecule has 102 valence electrons. The highest BCUT2D eigenvalue weighted by Crippen LogP contribution is 2.26. The van der Waals surface area contributed by atoms with Gasteiger partial charge in [0, 0.05) is 24.0 Å². The second-order valence-corrected chi connectivity index (χ2v) is 5.43. The highest BCUT2D eigenvalue weighted by Gasteiger charge is 2.23. The van der Waals surface area contributed by atoms with E-state index in [9.17, 15) is 0 Å². The monoisotopic (exact) mass is 266 g/mol. The van der Waals surface area contributed by atoms with Gasteiger partial charge in [-0.05, 0) is 30.9 Å². The second kappa shape index (κ2) is 5.41. The van der Waals surface area contributed by atoms with Crippen molar-refractivity contribution in [3.63, 3.8) is 0 Å². The number of fused-ring (bicyclic) bond motifs is 1. The lowest BCUT2D eigenvalue weighted by molar-refractivity contribution is 0.261. The molecular formula is C16H18N4. The van der Waals surface area contributed by atoms with Crippen LogP contribution in [-0.4, -0.2) is 22.2 Å². The number of nitrogens with zero attached hydrogens (tertiary/aromatic N) is 2. The predicted molar refractivity (Wildman–Crippen MR) is 81.6 cm³/mol. The third-order valence-electron chi connectivity index (χ3n) is 3.75. The molecule has 0 amide bonds. The predicted octanol–water partition coefficient (Wildman–Crippen LogP) is 3.01. The lowest BCUT2D eigenvalue weighted by Gasteiger charge is -2.33. The van der Waals surface area contributed by atoms with Gasteiger partial charge in [-0.2, -0.15) is 0 Å². The van der Waals surface area contributed by atoms with Crippen molar-refractivity contribution in [2.24, 2.45) is 5.92 Å². The van der Waals surface area contributed by atoms with Crippen molar-refractivity contribution in [2.45, 2.75) is 25.8 Å². The zero-order valence-electron chi connectivity index (χ0n) is 11.5. The Hall–Kier alpha value is -2.23. The number of aromatic nitrogens is 2. The van der Waals surface area contributed by atoms with E-state index in [1.54, 1.807) is 6.20 Å². The first-order chi connectivity index (χ1) is 9.76. The van der Waals surface area contributed by atoms with Gasteiger partial charge in [-0.25, -0.2) is 4.98 Å². The number of rotatable bonds is 4. The number of para-hydroxylation sites is 2. The summed E-state index contributed by atoms with van der Waals surface area (Å²) in [6.45, 7) is 2.26. The topological polar surface area (TPSA) is 61.7 Å². The first kappa shape index (κ1) is 12.8. The maximum Gasteiger partial charge on any atom is 0.0922 e. The summed E-state index contributed by atoms with van der Waals surface area (Å²) in [4.78, 5) is 8.95. The van der Waals surface area contributed by atoms with E-state index >= 15 is 0 Å². The van der Waals surface area contributed by atoms with E-state index in [0.717, 1.165) is 28.2 Å². The van der Waals surface area contributed by atoms with Crippen molar-refractivity contribution in [2.75, 3.05) is 0 Å². The van der Waals surface area contributed by atoms with E-state index < -0.39 is 0 Å². The van der Waals surface area contributed by atoms with Gasteiger partial charge in [0.05, 0.1) is 22.9 Å². The fourth-order valence-corrected chi connectivity index (χ4v) is 2.53. The van der Waals surface area contributed by atoms with Gasteiger partial charge in [0.15, 0.2) is 0 Å². The molecule has 0 radical (unpaired) electrons. The normalized spacial score (nSPS) is 22.4. The van der Waals surface area contributed by atoms with Gasteiger partial charge in [0.25, 0.3) is 0 Å². The molecule has 0 saturated heterocycles. The average Bonchev–Trinajstić information content (AvgIpc) is 2.45. The zero-order chi connectivity index (χ0) is 13.9. The number of hydrogen-bond acceptors (Lipinski definition) is 4. The summed E-state index contributed by atoms with van der Waals surface area (Å²) in [6, 6.07) is 8.31. The maximum atomic E-state index is 7.56. The molecular weight excluding hydrogens is 248 g/mol. The van der Waals surface area contributed by atoms with Crippen LogP contribution in [0.4, 0.5) is 0 Å². The van der Waals surface area contributed by atoms with Crippen LogP contribution < -0.4 is 5.32 Å². The highest BCUT2D eigenvalue weighted by atomic mass is 14.9. The number of hydrogen-bond donors (Lipinski definition) is 2. The Morgan fingerprint density at radius 3 is 2.75 bits per heavy atom. The van der Waals surface area contributed by atoms with E-state index in [4.69, 9.17) is 5.41 Å². The third-order valence-corrected chi connectivity index (χ3v) is 3.75. The Balaban J connectivity index is 1.83. The molecule has 0 atom stereocenters. The van der Waals surface area contributed by atoms with E-state index in [2.05, 4.69) is 22.2 Å². The summed E-state index contributed by atoms with van der Waals surface area (Å²) in [5, 5.41) is 10.9. The molecule has 0 bridgehead atoms. The molecule has 1 saturated carbocycles. The van der Waals surface area contributed by atoms with Crippen LogP contribution in [0.3, 0.4) is 0 Å². The van der Waals surface area contributed by atoms with Crippen molar-refractivity contribution in [1.29, 1.82) is 5.41 Å². The fourth-order valence-electron chi connectivity index (χ4n) is 2.53. The third kappa shape index (κ3) is 2.54. The molecule has 4 nitrogen and oxygen atoms in total. The smallest absolute Gasteiger partial charge is 0.0922 e. The standard InChI is InChI=1S/C16H18N4/c1-11-6-13(7-11)18-9-12(8-17)16-10-19-14-4-2-3-5-15(14)20-16/h2-5,8-11,13,17-18H,6-7H2,1H3/b12-9+,17-8?. The molecule has 2 N–H and O–H groups in total. The molecule has 4 heteroatoms. The van der Waals surface area contributed by atoms with Gasteiger partial charge in [-0.3, -0.25) is 4.98 Å². The minimum atomic E-state index is 0.536. The van der Waals surface area contributed by atoms with E-state index in [1.807, 2.05) is 30.5 Å². The van der Waals surface area contributed by atoms with Gasteiger partial charge in [0.1, 0.15) is 0 Å². The van der Waals surface area contributed by atoms with Crippen molar-refractivity contribution in [1.82, 2.24) is 15.3 Å². The summed E-state index contributed by atoms with van der Waals surface area (Å²) in [5.74, 6) is 0.810. The molecule has 0 aliphatic heterocycles. The van der Waals surface area contributed by atoms with Crippen LogP contribution in [0.2, 0.25) is 0 Å². The molecule has 1 fully saturated rings. The van der Waals surface area contributed by atoms with Gasteiger partial charge >= 0.3 is 0 Å². The summed E-state index contributed by atoms with van der Waals surface area (Å²) in [6.07, 6.45) is 7.34. The quantitative estimate of drug-likeness (QED) is 0.836. The molecule has 0 unspecified atom stereocenters. The Kier molecular flexibility index (Phi) is 3.46. The van der Waals surface area contributed by atoms with E-state index in [-0.39, 0.29) is 0 Å². The molecule has 2 aromatic rings. The van der Waals surface area contributed by atoms with Gasteiger partial charge in [-0.15, -0.1) is 0 Å². The van der Waals surface area contributed by atoms with Gasteiger partial charge in [-0.1, -0.05) is 19.1 Å². The molecule has 1 aliphatic carbocycles. The Morgan fingerprint density at radius 1 is 1.30 bits per heavy atom. The van der Waals surface area contributed by atoms with Crippen LogP contribution >= 0.6 is 0 Å². The summed E-state index contributed by atoms with van der Waals surface area (Å²) in [5.41, 5.74) is 3.23. The van der Waals surface area contributed by atoms with Crippen molar-refractivity contribution in [3.05, 3.63) is 42.4 Å². The summed E-state index contributed by atoms with van der Waals surface area (Å²) < 4.78 is 0. The Bertz CT molecular complexity index is 656. The number of allylic oxidation sites excluding steroid dienone is 1. The molecule has 20 heavy (non-hydrogen) atoms. The first-order valence-electron chi connectivity index (χ1n) is 6.95. The van der Waals surface area contributed by atoms with Crippen LogP contribution in [0.15, 0.2) is 36.7 Å². The van der Waals surface area contributed by atoms with Crippen LogP contribution in [0, 0.1) is 11.3 Å². The first-order valence-corrected chi connectivity index (χ1v) is 6.95. The van der Waals surface area contributed by atoms with Crippen molar-refractivity contribution < 1.29 is 0 Å². The van der Waals surface area contributed by atoms with Crippen LogP contribution in [0.25, 0.3) is 16.6 Å². The molecule has 1 aromatic carbocycles. The van der Waals surface area contributed by atoms with Crippen LogP contribution in [0.5, 0.6) is 0 Å². The van der Waals surface area contributed by atoms with Crippen molar-refractivity contribution >= 4 is 22.8 Å². The van der Waals surface area contributed by atoms with Crippen LogP contribution in [-0.2, 0) is 0 Å². The summed E-state index contributed by atoms with van der Waals surface area (Å²) >= 11 is 0. The van der Waals surface area contributed by atoms with Gasteiger partial charge in [0.2, 0.25) is 0 Å². The number of benzene rings is 1. The molecule has 0 spiro atoms. The van der Waals surface area contributed by atoms with Crippen LogP contribution in [0.1, 0.15) is 25.5 Å². The lowest BCUT2D eigenvalue weighted by Crippen LogP contribution is -2.37. The minimum Gasteiger partial charge on any atom is -0.388 e. The fraction of sp³-hybridized carbons (Fsp3) is 0.312. The largest absolute Gasteiger partial charge is 0.388 e. The summed E-state index contributed by atoms with van der Waals surface area (Å²) in [7, 11) is 0. The minimum absolute atomic E-state index is 0.536. The molecule has 1 aromatic heterocycles. The highest BCUT2D eigenvalue weighted by molar-refractivity contribution is 6.07. The molecule has 3 rings (SSSR count). The van der Waals surface area contributed by atoms with Crippen molar-refractivity contribution in [3.8, 4) is 0 Å². The molecule has 1 aliphatic rings. The SMILES string of the molecule is CC1CC(N/C=C(\C=N)c2cnc3ccccc3n2)C1. The Morgan fingerprint density at radius 2 is 2.05 bits per heavy atom. The lowest BCUT2D eigenvalue weighted by atomic mass is 9.82. The average molecular weight is 266 g/mol.